The van der Waals surface area contributed by atoms with Crippen molar-refractivity contribution in [3.05, 3.63) is 35.4 Å². The van der Waals surface area contributed by atoms with Crippen molar-refractivity contribution in [2.24, 2.45) is 5.73 Å². The highest BCUT2D eigenvalue weighted by molar-refractivity contribution is 5.34. The van der Waals surface area contributed by atoms with E-state index in [2.05, 4.69) is 24.3 Å². The Morgan fingerprint density at radius 2 is 2.00 bits per heavy atom. The molecule has 1 aromatic carbocycles. The van der Waals surface area contributed by atoms with Crippen molar-refractivity contribution in [2.45, 2.75) is 44.4 Å². The number of hydrogen-bond acceptors (Lipinski definition) is 1. The van der Waals surface area contributed by atoms with E-state index in [9.17, 15) is 0 Å². The van der Waals surface area contributed by atoms with Crippen molar-refractivity contribution in [1.82, 2.24) is 0 Å². The van der Waals surface area contributed by atoms with Gasteiger partial charge in [-0.2, -0.15) is 0 Å². The first-order valence-electron chi connectivity index (χ1n) is 6.19. The zero-order valence-electron chi connectivity index (χ0n) is 9.41. The lowest BCUT2D eigenvalue weighted by Crippen LogP contribution is -1.99. The highest BCUT2D eigenvalue weighted by atomic mass is 14.5. The summed E-state index contributed by atoms with van der Waals surface area (Å²) in [6.07, 6.45) is 7.84. The van der Waals surface area contributed by atoms with Gasteiger partial charge in [-0.05, 0) is 49.3 Å². The van der Waals surface area contributed by atoms with Crippen molar-refractivity contribution < 1.29 is 0 Å². The smallest absolute Gasteiger partial charge is 0.00773 e. The average Bonchev–Trinajstić information content (AvgIpc) is 2.68. The number of unbranched alkanes of at least 4 members (excludes halogenated alkanes) is 2. The van der Waals surface area contributed by atoms with Gasteiger partial charge in [0.15, 0.2) is 0 Å². The van der Waals surface area contributed by atoms with Crippen LogP contribution in [0.3, 0.4) is 0 Å². The SMILES string of the molecule is NCCCCCC1CCc2ccccc21. The van der Waals surface area contributed by atoms with Crippen LogP contribution in [0.15, 0.2) is 24.3 Å². The van der Waals surface area contributed by atoms with Crippen LogP contribution in [0, 0.1) is 0 Å². The topological polar surface area (TPSA) is 26.0 Å². The van der Waals surface area contributed by atoms with Gasteiger partial charge in [0, 0.05) is 0 Å². The molecule has 1 aliphatic carbocycles. The van der Waals surface area contributed by atoms with Crippen molar-refractivity contribution in [3.8, 4) is 0 Å². The number of aryl methyl sites for hydroxylation is 1. The Labute approximate surface area is 92.7 Å². The number of nitrogens with two attached hydrogens (primary N) is 1. The monoisotopic (exact) mass is 203 g/mol. The fourth-order valence-electron chi connectivity index (χ4n) is 2.66. The summed E-state index contributed by atoms with van der Waals surface area (Å²) in [5.41, 5.74) is 8.70. The number of fused-ring (bicyclic) bond motifs is 1. The molecular formula is C14H21N. The Balaban J connectivity index is 1.85. The maximum absolute atomic E-state index is 5.50. The van der Waals surface area contributed by atoms with E-state index in [4.69, 9.17) is 5.73 Å². The van der Waals surface area contributed by atoms with Crippen molar-refractivity contribution in [3.63, 3.8) is 0 Å². The van der Waals surface area contributed by atoms with Crippen LogP contribution in [0.4, 0.5) is 0 Å². The minimum atomic E-state index is 0.832. The maximum atomic E-state index is 5.50. The lowest BCUT2D eigenvalue weighted by molar-refractivity contribution is 0.556. The van der Waals surface area contributed by atoms with E-state index in [1.807, 2.05) is 0 Å². The largest absolute Gasteiger partial charge is 0.330 e. The molecule has 0 bridgehead atoms. The minimum Gasteiger partial charge on any atom is -0.330 e. The second-order valence-electron chi connectivity index (χ2n) is 4.57. The lowest BCUT2D eigenvalue weighted by atomic mass is 9.95. The summed E-state index contributed by atoms with van der Waals surface area (Å²) in [5.74, 6) is 0.832. The molecule has 1 atom stereocenters. The third-order valence-corrected chi connectivity index (χ3v) is 3.51. The summed E-state index contributed by atoms with van der Waals surface area (Å²) in [4.78, 5) is 0. The van der Waals surface area contributed by atoms with Gasteiger partial charge >= 0.3 is 0 Å². The quantitative estimate of drug-likeness (QED) is 0.730. The van der Waals surface area contributed by atoms with Crippen LogP contribution < -0.4 is 5.73 Å². The molecular weight excluding hydrogens is 182 g/mol. The predicted molar refractivity (Wildman–Crippen MR) is 65.0 cm³/mol. The van der Waals surface area contributed by atoms with Crippen LogP contribution in [0.1, 0.15) is 49.1 Å². The van der Waals surface area contributed by atoms with Crippen molar-refractivity contribution >= 4 is 0 Å². The minimum absolute atomic E-state index is 0.832. The zero-order valence-corrected chi connectivity index (χ0v) is 9.41. The molecule has 0 aromatic heterocycles. The molecule has 0 spiro atoms. The fraction of sp³-hybridized carbons (Fsp3) is 0.571. The first-order valence-corrected chi connectivity index (χ1v) is 6.19. The summed E-state index contributed by atoms with van der Waals surface area (Å²) in [5, 5.41) is 0. The molecule has 0 saturated carbocycles. The Bertz CT molecular complexity index is 306. The van der Waals surface area contributed by atoms with Crippen LogP contribution in [0.5, 0.6) is 0 Å². The molecule has 0 radical (unpaired) electrons. The van der Waals surface area contributed by atoms with E-state index in [0.29, 0.717) is 0 Å². The molecule has 0 heterocycles. The molecule has 0 aliphatic heterocycles. The second-order valence-corrected chi connectivity index (χ2v) is 4.57. The molecule has 82 valence electrons. The van der Waals surface area contributed by atoms with Gasteiger partial charge in [-0.15, -0.1) is 0 Å². The van der Waals surface area contributed by atoms with Gasteiger partial charge in [-0.25, -0.2) is 0 Å². The van der Waals surface area contributed by atoms with Gasteiger partial charge in [0.1, 0.15) is 0 Å². The molecule has 1 aliphatic rings. The lowest BCUT2D eigenvalue weighted by Gasteiger charge is -2.10. The average molecular weight is 203 g/mol. The highest BCUT2D eigenvalue weighted by Gasteiger charge is 2.20. The first-order chi connectivity index (χ1) is 7.42. The Morgan fingerprint density at radius 1 is 1.13 bits per heavy atom. The van der Waals surface area contributed by atoms with E-state index in [0.717, 1.165) is 12.5 Å². The van der Waals surface area contributed by atoms with Crippen LogP contribution in [-0.4, -0.2) is 6.54 Å². The molecule has 1 heteroatoms. The van der Waals surface area contributed by atoms with Gasteiger partial charge in [-0.3, -0.25) is 0 Å². The first kappa shape index (κ1) is 10.7. The van der Waals surface area contributed by atoms with Crippen molar-refractivity contribution in [1.29, 1.82) is 0 Å². The second kappa shape index (κ2) is 5.32. The van der Waals surface area contributed by atoms with E-state index < -0.39 is 0 Å². The summed E-state index contributed by atoms with van der Waals surface area (Å²) in [6.45, 7) is 0.848. The van der Waals surface area contributed by atoms with Gasteiger partial charge in [0.25, 0.3) is 0 Å². The van der Waals surface area contributed by atoms with Gasteiger partial charge in [0.2, 0.25) is 0 Å². The standard InChI is InChI=1S/C14H21N/c15-11-5-1-2-6-12-9-10-13-7-3-4-8-14(12)13/h3-4,7-8,12H,1-2,5-6,9-11,15H2. The number of hydrogen-bond donors (Lipinski definition) is 1. The number of benzene rings is 1. The zero-order chi connectivity index (χ0) is 10.5. The van der Waals surface area contributed by atoms with E-state index in [-0.39, 0.29) is 0 Å². The summed E-state index contributed by atoms with van der Waals surface area (Å²) in [6, 6.07) is 8.94. The molecule has 1 nitrogen and oxygen atoms in total. The van der Waals surface area contributed by atoms with Crippen LogP contribution in [0.25, 0.3) is 0 Å². The molecule has 0 saturated heterocycles. The maximum Gasteiger partial charge on any atom is -0.00773 e. The third kappa shape index (κ3) is 2.60. The summed E-state index contributed by atoms with van der Waals surface area (Å²) >= 11 is 0. The molecule has 15 heavy (non-hydrogen) atoms. The highest BCUT2D eigenvalue weighted by Crippen LogP contribution is 2.36. The summed E-state index contributed by atoms with van der Waals surface area (Å²) in [7, 11) is 0. The van der Waals surface area contributed by atoms with Crippen LogP contribution in [-0.2, 0) is 6.42 Å². The van der Waals surface area contributed by atoms with Crippen molar-refractivity contribution in [2.75, 3.05) is 6.54 Å². The van der Waals surface area contributed by atoms with Gasteiger partial charge in [-0.1, -0.05) is 37.1 Å². The van der Waals surface area contributed by atoms with Crippen LogP contribution in [0.2, 0.25) is 0 Å². The Kier molecular flexibility index (Phi) is 3.79. The fourth-order valence-corrected chi connectivity index (χ4v) is 2.66. The normalized spacial score (nSPS) is 19.1. The van der Waals surface area contributed by atoms with Gasteiger partial charge < -0.3 is 5.73 Å². The Morgan fingerprint density at radius 3 is 2.87 bits per heavy atom. The van der Waals surface area contributed by atoms with E-state index >= 15 is 0 Å². The molecule has 2 rings (SSSR count). The number of rotatable bonds is 5. The third-order valence-electron chi connectivity index (χ3n) is 3.51. The van der Waals surface area contributed by atoms with E-state index in [1.165, 1.54) is 38.5 Å². The molecule has 1 unspecified atom stereocenters. The Hall–Kier alpha value is -0.820. The molecule has 1 aromatic rings. The molecule has 0 amide bonds. The van der Waals surface area contributed by atoms with Crippen LogP contribution >= 0.6 is 0 Å². The molecule has 0 fully saturated rings. The summed E-state index contributed by atoms with van der Waals surface area (Å²) < 4.78 is 0. The predicted octanol–water partition coefficient (Wildman–Crippen LogP) is 3.24. The molecule has 2 N–H and O–H groups in total. The van der Waals surface area contributed by atoms with Gasteiger partial charge in [0.05, 0.1) is 0 Å². The van der Waals surface area contributed by atoms with E-state index in [1.54, 1.807) is 11.1 Å².